The van der Waals surface area contributed by atoms with E-state index in [4.69, 9.17) is 16.3 Å². The highest BCUT2D eigenvalue weighted by molar-refractivity contribution is 6.30. The van der Waals surface area contributed by atoms with E-state index in [0.29, 0.717) is 16.3 Å². The number of halogens is 1. The maximum absolute atomic E-state index is 11.7. The van der Waals surface area contributed by atoms with E-state index in [2.05, 4.69) is 11.8 Å². The zero-order valence-electron chi connectivity index (χ0n) is 19.8. The number of ether oxygens (including phenoxy) is 1. The van der Waals surface area contributed by atoms with Crippen molar-refractivity contribution in [3.63, 3.8) is 0 Å². The van der Waals surface area contributed by atoms with E-state index in [1.165, 1.54) is 0 Å². The van der Waals surface area contributed by atoms with Crippen LogP contribution in [0.2, 0.25) is 5.02 Å². The zero-order chi connectivity index (χ0) is 24.6. The molecule has 0 aliphatic rings. The summed E-state index contributed by atoms with van der Waals surface area (Å²) in [7, 11) is 0. The summed E-state index contributed by atoms with van der Waals surface area (Å²) in [6.45, 7) is 11.1. The summed E-state index contributed by atoms with van der Waals surface area (Å²) in [6, 6.07) is 13.1. The smallest absolute Gasteiger partial charge is 0.307 e. The molecule has 4 nitrogen and oxygen atoms in total. The van der Waals surface area contributed by atoms with Crippen molar-refractivity contribution in [2.75, 3.05) is 0 Å². The molecule has 0 aliphatic carbocycles. The van der Waals surface area contributed by atoms with Crippen molar-refractivity contribution in [2.24, 2.45) is 0 Å². The summed E-state index contributed by atoms with van der Waals surface area (Å²) in [6.07, 6.45) is -0.116. The molecule has 0 radical (unpaired) electrons. The fourth-order valence-corrected chi connectivity index (χ4v) is 3.81. The summed E-state index contributed by atoms with van der Waals surface area (Å²) in [4.78, 5) is 11.7. The highest BCUT2D eigenvalue weighted by Crippen LogP contribution is 2.40. The third-order valence-electron chi connectivity index (χ3n) is 4.94. The summed E-state index contributed by atoms with van der Waals surface area (Å²) in [5, 5.41) is 22.0. The van der Waals surface area contributed by atoms with Gasteiger partial charge in [0.15, 0.2) is 0 Å². The molecule has 0 saturated carbocycles. The van der Waals surface area contributed by atoms with Crippen molar-refractivity contribution in [2.45, 2.75) is 59.2 Å². The number of aliphatic hydroxyl groups is 1. The number of aryl methyl sites for hydroxylation is 1. The molecule has 0 amide bonds. The van der Waals surface area contributed by atoms with Crippen LogP contribution in [-0.4, -0.2) is 27.4 Å². The Morgan fingerprint density at radius 3 is 2.21 bits per heavy atom. The third kappa shape index (κ3) is 6.28. The van der Waals surface area contributed by atoms with Crippen LogP contribution in [0.4, 0.5) is 0 Å². The number of fused-ring (bicyclic) bond motifs is 1. The first kappa shape index (κ1) is 24.6. The molecule has 3 aromatic rings. The number of hydrogen-bond acceptors (Lipinski definition) is 3. The molecule has 0 fully saturated rings. The van der Waals surface area contributed by atoms with Crippen LogP contribution >= 0.6 is 11.6 Å². The molecule has 0 aliphatic heterocycles. The Morgan fingerprint density at radius 1 is 1.03 bits per heavy atom. The lowest BCUT2D eigenvalue weighted by atomic mass is 9.87. The van der Waals surface area contributed by atoms with Gasteiger partial charge < -0.3 is 14.9 Å². The molecule has 0 saturated heterocycles. The van der Waals surface area contributed by atoms with Gasteiger partial charge in [0, 0.05) is 16.0 Å². The predicted molar refractivity (Wildman–Crippen MR) is 134 cm³/mol. The minimum atomic E-state index is -1.15. The number of benzene rings is 3. The van der Waals surface area contributed by atoms with Gasteiger partial charge >= 0.3 is 5.97 Å². The summed E-state index contributed by atoms with van der Waals surface area (Å²) >= 11 is 6.12. The Morgan fingerprint density at radius 2 is 1.67 bits per heavy atom. The molecule has 0 spiro atoms. The average Bonchev–Trinajstić information content (AvgIpc) is 2.66. The van der Waals surface area contributed by atoms with Gasteiger partial charge in [0.1, 0.15) is 17.0 Å². The Kier molecular flexibility index (Phi) is 6.79. The van der Waals surface area contributed by atoms with Gasteiger partial charge in [-0.1, -0.05) is 35.6 Å². The van der Waals surface area contributed by atoms with E-state index < -0.39 is 17.2 Å². The van der Waals surface area contributed by atoms with E-state index >= 15 is 0 Å². The molecule has 3 aromatic carbocycles. The molecule has 0 aromatic heterocycles. The van der Waals surface area contributed by atoms with E-state index in [9.17, 15) is 15.0 Å². The van der Waals surface area contributed by atoms with Crippen LogP contribution in [-0.2, 0) is 11.2 Å². The van der Waals surface area contributed by atoms with Crippen molar-refractivity contribution in [3.05, 3.63) is 64.2 Å². The van der Waals surface area contributed by atoms with Gasteiger partial charge in [-0.15, -0.1) is 0 Å². The molecule has 0 atom stereocenters. The van der Waals surface area contributed by atoms with Gasteiger partial charge in [0.2, 0.25) is 0 Å². The Bertz CT molecular complexity index is 1260. The summed E-state index contributed by atoms with van der Waals surface area (Å²) < 4.78 is 6.31. The Labute approximate surface area is 200 Å². The second-order valence-electron chi connectivity index (χ2n) is 9.72. The van der Waals surface area contributed by atoms with Gasteiger partial charge in [-0.2, -0.15) is 0 Å². The van der Waals surface area contributed by atoms with Gasteiger partial charge in [-0.25, -0.2) is 0 Å². The first-order valence-electron chi connectivity index (χ1n) is 10.8. The normalized spacial score (nSPS) is 11.8. The van der Waals surface area contributed by atoms with E-state index in [-0.39, 0.29) is 6.42 Å². The SMILES string of the molecule is Cc1cc2c(OC(C)(C)C)cc(C#CC(C)(C)O)cc2c(-c2ccc(Cl)cc2)c1CC(=O)O. The van der Waals surface area contributed by atoms with Crippen LogP contribution in [0.25, 0.3) is 21.9 Å². The Balaban J connectivity index is 2.46. The van der Waals surface area contributed by atoms with Crippen molar-refractivity contribution >= 4 is 28.3 Å². The highest BCUT2D eigenvalue weighted by Gasteiger charge is 2.21. The molecular weight excluding hydrogens is 436 g/mol. The summed E-state index contributed by atoms with van der Waals surface area (Å²) in [5.41, 5.74) is 2.33. The molecule has 2 N–H and O–H groups in total. The van der Waals surface area contributed by atoms with E-state index in [0.717, 1.165) is 33.0 Å². The van der Waals surface area contributed by atoms with E-state index in [1.54, 1.807) is 26.0 Å². The second-order valence-corrected chi connectivity index (χ2v) is 10.2. The van der Waals surface area contributed by atoms with Crippen molar-refractivity contribution in [1.29, 1.82) is 0 Å². The topological polar surface area (TPSA) is 66.8 Å². The molecule has 0 bridgehead atoms. The minimum Gasteiger partial charge on any atom is -0.487 e. The van der Waals surface area contributed by atoms with Crippen LogP contribution < -0.4 is 4.74 Å². The van der Waals surface area contributed by atoms with Crippen molar-refractivity contribution in [3.8, 4) is 28.7 Å². The quantitative estimate of drug-likeness (QED) is 0.438. The van der Waals surface area contributed by atoms with Crippen LogP contribution in [0.15, 0.2) is 42.5 Å². The number of carboxylic acids is 1. The van der Waals surface area contributed by atoms with Gasteiger partial charge in [-0.05, 0) is 99.5 Å². The predicted octanol–water partition coefficient (Wildman–Crippen LogP) is 6.40. The molecule has 33 heavy (non-hydrogen) atoms. The standard InChI is InChI=1S/C28H29ClO4/c1-17-13-22-23(26(21(17)16-25(30)31)19-7-9-20(29)10-8-19)14-18(11-12-28(5,6)32)15-24(22)33-27(2,3)4/h7-10,13-15,32H,16H2,1-6H3,(H,30,31). The van der Waals surface area contributed by atoms with Crippen molar-refractivity contribution in [1.82, 2.24) is 0 Å². The average molecular weight is 465 g/mol. The lowest BCUT2D eigenvalue weighted by Crippen LogP contribution is -2.23. The molecular formula is C28H29ClO4. The third-order valence-corrected chi connectivity index (χ3v) is 5.19. The lowest BCUT2D eigenvalue weighted by Gasteiger charge is -2.24. The Hall–Kier alpha value is -3.00. The van der Waals surface area contributed by atoms with Crippen LogP contribution in [0, 0.1) is 18.8 Å². The maximum Gasteiger partial charge on any atom is 0.307 e. The minimum absolute atomic E-state index is 0.116. The van der Waals surface area contributed by atoms with Crippen LogP contribution in [0.5, 0.6) is 5.75 Å². The van der Waals surface area contributed by atoms with Gasteiger partial charge in [-0.3, -0.25) is 4.79 Å². The first-order chi connectivity index (χ1) is 15.2. The number of carbonyl (C=O) groups is 1. The molecule has 5 heteroatoms. The molecule has 3 rings (SSSR count). The van der Waals surface area contributed by atoms with E-state index in [1.807, 2.05) is 58.0 Å². The van der Waals surface area contributed by atoms with Gasteiger partial charge in [0.25, 0.3) is 0 Å². The fourth-order valence-electron chi connectivity index (χ4n) is 3.68. The monoisotopic (exact) mass is 464 g/mol. The maximum atomic E-state index is 11.7. The van der Waals surface area contributed by atoms with Gasteiger partial charge in [0.05, 0.1) is 6.42 Å². The number of rotatable bonds is 4. The summed E-state index contributed by atoms with van der Waals surface area (Å²) in [5.74, 6) is 5.65. The fraction of sp³-hybridized carbons (Fsp3) is 0.321. The second kappa shape index (κ2) is 9.09. The molecule has 0 unspecified atom stereocenters. The molecule has 172 valence electrons. The molecule has 0 heterocycles. The lowest BCUT2D eigenvalue weighted by molar-refractivity contribution is -0.136. The van der Waals surface area contributed by atoms with Crippen molar-refractivity contribution < 1.29 is 19.7 Å². The zero-order valence-corrected chi connectivity index (χ0v) is 20.6. The first-order valence-corrected chi connectivity index (χ1v) is 11.1. The van der Waals surface area contributed by atoms with Crippen LogP contribution in [0.3, 0.4) is 0 Å². The highest BCUT2D eigenvalue weighted by atomic mass is 35.5. The largest absolute Gasteiger partial charge is 0.487 e. The number of carboxylic acid groups (broad SMARTS) is 1. The van der Waals surface area contributed by atoms with Crippen LogP contribution in [0.1, 0.15) is 51.3 Å². The number of aliphatic carboxylic acids is 1. The number of hydrogen-bond donors (Lipinski definition) is 2.